The first-order valence-corrected chi connectivity index (χ1v) is 12.8. The van der Waals surface area contributed by atoms with E-state index < -0.39 is 12.2 Å². The van der Waals surface area contributed by atoms with Gasteiger partial charge in [-0.15, -0.1) is 16.7 Å². The van der Waals surface area contributed by atoms with Crippen LogP contribution >= 0.6 is 34.2 Å². The first-order chi connectivity index (χ1) is 16.6. The Bertz CT molecular complexity index is 1110. The van der Waals surface area contributed by atoms with E-state index in [4.69, 9.17) is 21.1 Å². The maximum Gasteiger partial charge on any atom is 0.132 e. The van der Waals surface area contributed by atoms with Crippen molar-refractivity contribution >= 4 is 34.2 Å². The normalized spacial score (nSPS) is 13.5. The summed E-state index contributed by atoms with van der Waals surface area (Å²) in [4.78, 5) is 0. The molecule has 0 aliphatic carbocycles. The lowest BCUT2D eigenvalue weighted by atomic mass is 9.78. The van der Waals surface area contributed by atoms with Gasteiger partial charge in [-0.2, -0.15) is 0 Å². The van der Waals surface area contributed by atoms with Gasteiger partial charge in [-0.1, -0.05) is 37.3 Å². The molecule has 1 aromatic heterocycles. The summed E-state index contributed by atoms with van der Waals surface area (Å²) in [6.07, 6.45) is -1.50. The minimum Gasteiger partial charge on any atom is -0.491 e. The predicted octanol–water partition coefficient (Wildman–Crippen LogP) is 3.43. The zero-order valence-electron chi connectivity index (χ0n) is 20.0. The Morgan fingerprint density at radius 2 is 1.69 bits per heavy atom. The van der Waals surface area contributed by atoms with E-state index in [0.29, 0.717) is 22.9 Å². The van der Waals surface area contributed by atoms with Gasteiger partial charge in [0.1, 0.15) is 36.9 Å². The van der Waals surface area contributed by atoms with Crippen LogP contribution in [0, 0.1) is 10.5 Å². The second-order valence-corrected chi connectivity index (χ2v) is 10.3. The number of aryl methyl sites for hydroxylation is 1. The largest absolute Gasteiger partial charge is 0.491 e. The maximum atomic E-state index is 10.3. The third-order valence-corrected chi connectivity index (χ3v) is 7.05. The number of benzene rings is 2. The highest BCUT2D eigenvalue weighted by molar-refractivity contribution is 14.1. The molecule has 190 valence electrons. The van der Waals surface area contributed by atoms with E-state index in [1.54, 1.807) is 6.92 Å². The Balaban J connectivity index is 1.61. The molecule has 0 saturated carbocycles. The number of nitrogens with zero attached hydrogens (tertiary/aromatic N) is 3. The van der Waals surface area contributed by atoms with Gasteiger partial charge in [0, 0.05) is 5.41 Å². The molecule has 3 rings (SSSR count). The van der Waals surface area contributed by atoms with E-state index in [2.05, 4.69) is 52.8 Å². The third-order valence-electron chi connectivity index (χ3n) is 5.85. The van der Waals surface area contributed by atoms with Gasteiger partial charge < -0.3 is 24.8 Å². The number of halogens is 2. The highest BCUT2D eigenvalue weighted by atomic mass is 127. The molecule has 0 radical (unpaired) electrons. The Labute approximate surface area is 224 Å². The van der Waals surface area contributed by atoms with E-state index in [0.717, 1.165) is 14.7 Å². The monoisotopic (exact) mass is 615 g/mol. The molecule has 3 N–H and O–H groups in total. The first-order valence-electron chi connectivity index (χ1n) is 11.2. The summed E-state index contributed by atoms with van der Waals surface area (Å²) in [5.41, 5.74) is 3.19. The van der Waals surface area contributed by atoms with Crippen LogP contribution < -0.4 is 9.47 Å². The van der Waals surface area contributed by atoms with Gasteiger partial charge in [-0.3, -0.25) is 0 Å². The van der Waals surface area contributed by atoms with Crippen molar-refractivity contribution in [1.82, 2.24) is 15.0 Å². The highest BCUT2D eigenvalue weighted by Gasteiger charge is 2.24. The van der Waals surface area contributed by atoms with Crippen molar-refractivity contribution in [2.45, 2.75) is 51.5 Å². The van der Waals surface area contributed by atoms with Crippen LogP contribution in [-0.2, 0) is 18.6 Å². The fourth-order valence-electron chi connectivity index (χ4n) is 3.58. The molecule has 1 heterocycles. The van der Waals surface area contributed by atoms with Crippen molar-refractivity contribution in [2.75, 3.05) is 19.1 Å². The second-order valence-electron chi connectivity index (χ2n) is 8.84. The van der Waals surface area contributed by atoms with Crippen LogP contribution in [0.25, 0.3) is 0 Å². The molecule has 8 nitrogen and oxygen atoms in total. The summed E-state index contributed by atoms with van der Waals surface area (Å²) in [5, 5.41) is 37.3. The van der Waals surface area contributed by atoms with Crippen LogP contribution in [-0.4, -0.2) is 61.6 Å². The number of ether oxygens (including phenoxy) is 2. The van der Waals surface area contributed by atoms with E-state index in [-0.39, 0.29) is 37.7 Å². The molecule has 0 unspecified atom stereocenters. The van der Waals surface area contributed by atoms with Crippen LogP contribution in [0.15, 0.2) is 42.5 Å². The number of hydrogen-bond acceptors (Lipinski definition) is 7. The molecule has 0 amide bonds. The summed E-state index contributed by atoms with van der Waals surface area (Å²) in [6.45, 7) is 6.30. The van der Waals surface area contributed by atoms with Crippen LogP contribution in [0.5, 0.6) is 11.5 Å². The molecule has 3 aromatic rings. The van der Waals surface area contributed by atoms with Crippen LogP contribution in [0.4, 0.5) is 0 Å². The lowest BCUT2D eigenvalue weighted by molar-refractivity contribution is 0.0866. The lowest BCUT2D eigenvalue weighted by Gasteiger charge is -2.27. The SMILES string of the molecule is Cc1nnn(C[C@H](O)COc2ccc(C(C)(C)c3ccc(OC[C@@H](O)CCl)c(I)c3)cc2)c1CO. The van der Waals surface area contributed by atoms with E-state index in [9.17, 15) is 15.3 Å². The van der Waals surface area contributed by atoms with Crippen LogP contribution in [0.2, 0.25) is 0 Å². The molecular weight excluding hydrogens is 585 g/mol. The van der Waals surface area contributed by atoms with Gasteiger partial charge in [0.05, 0.1) is 34.0 Å². The number of rotatable bonds is 12. The van der Waals surface area contributed by atoms with Crippen molar-refractivity contribution in [3.05, 3.63) is 68.5 Å². The molecule has 10 heteroatoms. The number of aromatic nitrogens is 3. The molecule has 0 saturated heterocycles. The number of aliphatic hydroxyl groups excluding tert-OH is 3. The zero-order chi connectivity index (χ0) is 25.6. The van der Waals surface area contributed by atoms with E-state index >= 15 is 0 Å². The van der Waals surface area contributed by atoms with Crippen molar-refractivity contribution in [3.8, 4) is 11.5 Å². The fourth-order valence-corrected chi connectivity index (χ4v) is 4.34. The predicted molar refractivity (Wildman–Crippen MR) is 142 cm³/mol. The average molecular weight is 616 g/mol. The van der Waals surface area contributed by atoms with Gasteiger partial charge in [0.25, 0.3) is 0 Å². The topological polar surface area (TPSA) is 110 Å². The van der Waals surface area contributed by atoms with Crippen LogP contribution in [0.3, 0.4) is 0 Å². The fraction of sp³-hybridized carbons (Fsp3) is 0.440. The third kappa shape index (κ3) is 7.07. The Hall–Kier alpha value is -1.92. The van der Waals surface area contributed by atoms with Gasteiger partial charge in [0.2, 0.25) is 0 Å². The quantitative estimate of drug-likeness (QED) is 0.212. The van der Waals surface area contributed by atoms with Gasteiger partial charge in [-0.25, -0.2) is 4.68 Å². The second kappa shape index (κ2) is 12.4. The van der Waals surface area contributed by atoms with Gasteiger partial charge in [0.15, 0.2) is 0 Å². The summed E-state index contributed by atoms with van der Waals surface area (Å²) in [6, 6.07) is 13.8. The van der Waals surface area contributed by atoms with Crippen molar-refractivity contribution in [2.24, 2.45) is 0 Å². The molecular formula is C25H31ClIN3O5. The van der Waals surface area contributed by atoms with E-state index in [1.165, 1.54) is 4.68 Å². The minimum absolute atomic E-state index is 0.0879. The van der Waals surface area contributed by atoms with Crippen molar-refractivity contribution in [1.29, 1.82) is 0 Å². The molecule has 0 aliphatic rings. The minimum atomic E-state index is -0.800. The standard InChI is InChI=1S/C25H31ClIN3O5/c1-16-23(13-31)30(29-28-16)12-20(33)15-34-21-7-4-17(5-8-21)25(2,3)18-6-9-24(22(27)10-18)35-14-19(32)11-26/h4-10,19-20,31-33H,11-15H2,1-3H3/t19-,20-/m0/s1. The van der Waals surface area contributed by atoms with Crippen LogP contribution in [0.1, 0.15) is 36.4 Å². The Morgan fingerprint density at radius 3 is 2.31 bits per heavy atom. The van der Waals surface area contributed by atoms with Crippen molar-refractivity contribution < 1.29 is 24.8 Å². The summed E-state index contributed by atoms with van der Waals surface area (Å²) in [5.74, 6) is 1.49. The molecule has 0 fully saturated rings. The number of alkyl halides is 1. The molecule has 2 aromatic carbocycles. The molecule has 2 atom stereocenters. The lowest BCUT2D eigenvalue weighted by Crippen LogP contribution is -2.25. The van der Waals surface area contributed by atoms with E-state index in [1.807, 2.05) is 36.4 Å². The summed E-state index contributed by atoms with van der Waals surface area (Å²) < 4.78 is 13.9. The molecule has 0 aliphatic heterocycles. The average Bonchev–Trinajstić information content (AvgIpc) is 3.20. The van der Waals surface area contributed by atoms with Crippen molar-refractivity contribution in [3.63, 3.8) is 0 Å². The number of aliphatic hydroxyl groups is 3. The summed E-state index contributed by atoms with van der Waals surface area (Å²) >= 11 is 7.87. The maximum absolute atomic E-state index is 10.3. The summed E-state index contributed by atoms with van der Waals surface area (Å²) in [7, 11) is 0. The Morgan fingerprint density at radius 1 is 1.03 bits per heavy atom. The zero-order valence-corrected chi connectivity index (χ0v) is 22.9. The first kappa shape index (κ1) is 27.7. The highest BCUT2D eigenvalue weighted by Crippen LogP contribution is 2.35. The molecule has 35 heavy (non-hydrogen) atoms. The van der Waals surface area contributed by atoms with Gasteiger partial charge in [-0.05, 0) is 64.9 Å². The molecule has 0 bridgehead atoms. The van der Waals surface area contributed by atoms with Gasteiger partial charge >= 0.3 is 0 Å². The number of hydrogen-bond donors (Lipinski definition) is 3. The smallest absolute Gasteiger partial charge is 0.132 e. The Kier molecular flexibility index (Phi) is 9.77. The molecule has 0 spiro atoms.